The average Bonchev–Trinajstić information content (AvgIpc) is 2.37. The summed E-state index contributed by atoms with van der Waals surface area (Å²) in [5, 5.41) is 1.09. The molecule has 0 spiro atoms. The number of hydrogen-bond acceptors (Lipinski definition) is 4. The summed E-state index contributed by atoms with van der Waals surface area (Å²) in [4.78, 5) is 6.90. The van der Waals surface area contributed by atoms with Crippen LogP contribution in [0.5, 0.6) is 0 Å². The van der Waals surface area contributed by atoms with Crippen LogP contribution in [0.1, 0.15) is 6.92 Å². The molecule has 0 bridgehead atoms. The Kier molecular flexibility index (Phi) is 3.97. The molecule has 0 saturated heterocycles. The Hall–Kier alpha value is -1.42. The zero-order valence-electron chi connectivity index (χ0n) is 11.1. The van der Waals surface area contributed by atoms with E-state index in [4.69, 9.17) is 5.73 Å². The number of thioether (sulfide) groups is 1. The minimum Gasteiger partial charge on any atom is -0.399 e. The van der Waals surface area contributed by atoms with E-state index in [-0.39, 0.29) is 0 Å². The van der Waals surface area contributed by atoms with Gasteiger partial charge >= 0.3 is 0 Å². The van der Waals surface area contributed by atoms with Crippen molar-refractivity contribution in [3.8, 4) is 0 Å². The Bertz CT molecular complexity index is 542. The monoisotopic (exact) mass is 261 g/mol. The molecule has 0 aliphatic heterocycles. The molecule has 0 aliphatic carbocycles. The summed E-state index contributed by atoms with van der Waals surface area (Å²) in [6.07, 6.45) is 2.13. The highest BCUT2D eigenvalue weighted by atomic mass is 32.2. The van der Waals surface area contributed by atoms with E-state index in [1.807, 2.05) is 30.0 Å². The van der Waals surface area contributed by atoms with Gasteiger partial charge in [-0.2, -0.15) is 11.8 Å². The standard InChI is InChI=1S/C14H19N3S/c1-10(9-18-3)17(2)14-7-4-11-8-12(15)5-6-13(11)16-14/h4-8,10H,9,15H2,1-3H3. The van der Waals surface area contributed by atoms with Crippen molar-refractivity contribution in [1.82, 2.24) is 4.98 Å². The van der Waals surface area contributed by atoms with Crippen LogP contribution in [0.3, 0.4) is 0 Å². The van der Waals surface area contributed by atoms with E-state index in [2.05, 4.69) is 42.2 Å². The molecule has 0 saturated carbocycles. The topological polar surface area (TPSA) is 42.1 Å². The normalized spacial score (nSPS) is 12.6. The summed E-state index contributed by atoms with van der Waals surface area (Å²) in [7, 11) is 2.09. The first kappa shape index (κ1) is 13.0. The Morgan fingerprint density at radius 2 is 2.11 bits per heavy atom. The lowest BCUT2D eigenvalue weighted by Crippen LogP contribution is -2.31. The Balaban J connectivity index is 2.32. The first-order valence-electron chi connectivity index (χ1n) is 6.00. The van der Waals surface area contributed by atoms with Gasteiger partial charge in [-0.1, -0.05) is 0 Å². The summed E-state index contributed by atoms with van der Waals surface area (Å²) in [5.74, 6) is 2.10. The third kappa shape index (κ3) is 2.70. The first-order chi connectivity index (χ1) is 8.61. The number of benzene rings is 1. The lowest BCUT2D eigenvalue weighted by molar-refractivity contribution is 0.755. The van der Waals surface area contributed by atoms with Gasteiger partial charge in [0.2, 0.25) is 0 Å². The largest absolute Gasteiger partial charge is 0.399 e. The zero-order chi connectivity index (χ0) is 13.1. The van der Waals surface area contributed by atoms with Crippen LogP contribution in [-0.4, -0.2) is 30.1 Å². The predicted molar refractivity (Wildman–Crippen MR) is 82.4 cm³/mol. The highest BCUT2D eigenvalue weighted by Crippen LogP contribution is 2.21. The van der Waals surface area contributed by atoms with E-state index in [0.717, 1.165) is 28.2 Å². The molecule has 1 heterocycles. The summed E-state index contributed by atoms with van der Waals surface area (Å²) < 4.78 is 0. The minimum absolute atomic E-state index is 0.471. The van der Waals surface area contributed by atoms with E-state index in [1.54, 1.807) is 0 Å². The maximum Gasteiger partial charge on any atom is 0.129 e. The molecule has 0 radical (unpaired) electrons. The quantitative estimate of drug-likeness (QED) is 0.859. The summed E-state index contributed by atoms with van der Waals surface area (Å²) in [5.41, 5.74) is 7.54. The number of rotatable bonds is 4. The molecule has 1 aromatic carbocycles. The molecular formula is C14H19N3S. The molecule has 1 unspecified atom stereocenters. The number of aromatic nitrogens is 1. The number of nitrogen functional groups attached to an aromatic ring is 1. The smallest absolute Gasteiger partial charge is 0.129 e. The van der Waals surface area contributed by atoms with Crippen molar-refractivity contribution in [2.24, 2.45) is 0 Å². The number of fused-ring (bicyclic) bond motifs is 1. The van der Waals surface area contributed by atoms with Gasteiger partial charge in [-0.15, -0.1) is 0 Å². The lowest BCUT2D eigenvalue weighted by Gasteiger charge is -2.25. The number of hydrogen-bond donors (Lipinski definition) is 1. The molecule has 18 heavy (non-hydrogen) atoms. The molecule has 2 N–H and O–H groups in total. The van der Waals surface area contributed by atoms with Gasteiger partial charge in [0.25, 0.3) is 0 Å². The number of nitrogens with zero attached hydrogens (tertiary/aromatic N) is 2. The Labute approximate surface area is 112 Å². The van der Waals surface area contributed by atoms with Crippen molar-refractivity contribution in [2.45, 2.75) is 13.0 Å². The molecule has 1 aromatic heterocycles. The van der Waals surface area contributed by atoms with Gasteiger partial charge in [0.1, 0.15) is 5.82 Å². The van der Waals surface area contributed by atoms with Crippen LogP contribution in [-0.2, 0) is 0 Å². The van der Waals surface area contributed by atoms with Crippen molar-refractivity contribution in [2.75, 3.05) is 29.7 Å². The summed E-state index contributed by atoms with van der Waals surface area (Å²) >= 11 is 1.85. The Morgan fingerprint density at radius 3 is 2.83 bits per heavy atom. The summed E-state index contributed by atoms with van der Waals surface area (Å²) in [6.45, 7) is 2.21. The number of nitrogens with two attached hydrogens (primary N) is 1. The Morgan fingerprint density at radius 1 is 1.33 bits per heavy atom. The van der Waals surface area contributed by atoms with Crippen LogP contribution in [0, 0.1) is 0 Å². The van der Waals surface area contributed by atoms with E-state index < -0.39 is 0 Å². The fourth-order valence-corrected chi connectivity index (χ4v) is 2.61. The molecule has 1 atom stereocenters. The fourth-order valence-electron chi connectivity index (χ4n) is 1.91. The van der Waals surface area contributed by atoms with E-state index >= 15 is 0 Å². The highest BCUT2D eigenvalue weighted by molar-refractivity contribution is 7.98. The molecule has 4 heteroatoms. The molecule has 2 aromatic rings. The number of anilines is 2. The second-order valence-corrected chi connectivity index (χ2v) is 5.45. The van der Waals surface area contributed by atoms with E-state index in [1.165, 1.54) is 0 Å². The maximum atomic E-state index is 5.77. The van der Waals surface area contributed by atoms with E-state index in [9.17, 15) is 0 Å². The van der Waals surface area contributed by atoms with Gasteiger partial charge in [-0.05, 0) is 43.5 Å². The van der Waals surface area contributed by atoms with Gasteiger partial charge in [0.15, 0.2) is 0 Å². The second-order valence-electron chi connectivity index (χ2n) is 4.54. The van der Waals surface area contributed by atoms with Crippen molar-refractivity contribution < 1.29 is 0 Å². The third-order valence-corrected chi connectivity index (χ3v) is 3.94. The number of pyridine rings is 1. The molecule has 0 fully saturated rings. The fraction of sp³-hybridized carbons (Fsp3) is 0.357. The predicted octanol–water partition coefficient (Wildman–Crippen LogP) is 3.00. The molecule has 2 rings (SSSR count). The van der Waals surface area contributed by atoms with Crippen LogP contribution in [0.2, 0.25) is 0 Å². The first-order valence-corrected chi connectivity index (χ1v) is 7.39. The van der Waals surface area contributed by atoms with Crippen molar-refractivity contribution in [3.05, 3.63) is 30.3 Å². The summed E-state index contributed by atoms with van der Waals surface area (Å²) in [6, 6.07) is 10.4. The zero-order valence-corrected chi connectivity index (χ0v) is 11.9. The molecule has 0 amide bonds. The molecule has 3 nitrogen and oxygen atoms in total. The van der Waals surface area contributed by atoms with Crippen molar-refractivity contribution in [3.63, 3.8) is 0 Å². The van der Waals surface area contributed by atoms with E-state index in [0.29, 0.717) is 6.04 Å². The molecule has 96 valence electrons. The SMILES string of the molecule is CSCC(C)N(C)c1ccc2cc(N)ccc2n1. The van der Waals surface area contributed by atoms with Crippen LogP contribution in [0.4, 0.5) is 11.5 Å². The van der Waals surface area contributed by atoms with Crippen LogP contribution < -0.4 is 10.6 Å². The molecule has 0 aliphatic rings. The average molecular weight is 261 g/mol. The second kappa shape index (κ2) is 5.48. The molecular weight excluding hydrogens is 242 g/mol. The third-order valence-electron chi connectivity index (χ3n) is 3.13. The van der Waals surface area contributed by atoms with Crippen molar-refractivity contribution >= 4 is 34.2 Å². The minimum atomic E-state index is 0.471. The van der Waals surface area contributed by atoms with Crippen LogP contribution in [0.25, 0.3) is 10.9 Å². The van der Waals surface area contributed by atoms with Gasteiger partial charge in [-0.3, -0.25) is 0 Å². The van der Waals surface area contributed by atoms with Gasteiger partial charge in [0.05, 0.1) is 5.52 Å². The highest BCUT2D eigenvalue weighted by Gasteiger charge is 2.10. The van der Waals surface area contributed by atoms with Gasteiger partial charge in [0, 0.05) is 29.9 Å². The van der Waals surface area contributed by atoms with Gasteiger partial charge in [-0.25, -0.2) is 4.98 Å². The van der Waals surface area contributed by atoms with Crippen LogP contribution >= 0.6 is 11.8 Å². The lowest BCUT2D eigenvalue weighted by atomic mass is 10.2. The van der Waals surface area contributed by atoms with Crippen molar-refractivity contribution in [1.29, 1.82) is 0 Å². The maximum absolute atomic E-state index is 5.77. The van der Waals surface area contributed by atoms with Gasteiger partial charge < -0.3 is 10.6 Å². The van der Waals surface area contributed by atoms with Crippen LogP contribution in [0.15, 0.2) is 30.3 Å².